The summed E-state index contributed by atoms with van der Waals surface area (Å²) >= 11 is 0. The fourth-order valence-electron chi connectivity index (χ4n) is 4.59. The van der Waals surface area contributed by atoms with E-state index in [2.05, 4.69) is 25.6 Å². The van der Waals surface area contributed by atoms with Crippen molar-refractivity contribution < 1.29 is 14.1 Å². The fourth-order valence-corrected chi connectivity index (χ4v) is 6.24. The van der Waals surface area contributed by atoms with Crippen LogP contribution in [0.25, 0.3) is 0 Å². The molecule has 209 valence electrons. The van der Waals surface area contributed by atoms with Crippen LogP contribution in [0, 0.1) is 10.1 Å². The second-order valence-electron chi connectivity index (χ2n) is 10.1. The second-order valence-corrected chi connectivity index (χ2v) is 12.2. The van der Waals surface area contributed by atoms with E-state index in [1.807, 2.05) is 18.2 Å². The van der Waals surface area contributed by atoms with Gasteiger partial charge in [0.15, 0.2) is 0 Å². The summed E-state index contributed by atoms with van der Waals surface area (Å²) in [6.45, 7) is 7.10. The minimum Gasteiger partial charge on any atom is -0.494 e. The number of hydrogen-bond donors (Lipinski definition) is 0. The summed E-state index contributed by atoms with van der Waals surface area (Å²) in [5.41, 5.74) is 0.692. The molecule has 0 aliphatic carbocycles. The number of rotatable bonds is 23. The standard InChI is InChI=1S/C32H48NO4Si/c1-3-5-6-7-8-9-10-11-12-13-14-15-16-19-26-36-30-22-24-31(25-23-30)38(27-4-2)37-28-29-20-17-18-21-32(29)33(34)35/h4,17-18,20-25H,2-3,5-16,19,26-28H2,1H3. The summed E-state index contributed by atoms with van der Waals surface area (Å²) in [5, 5.41) is 12.4. The fraction of sp³-hybridized carbons (Fsp3) is 0.562. The second kappa shape index (κ2) is 20.5. The predicted molar refractivity (Wildman–Crippen MR) is 161 cm³/mol. The largest absolute Gasteiger partial charge is 0.494 e. The molecule has 38 heavy (non-hydrogen) atoms. The average Bonchev–Trinajstić information content (AvgIpc) is 2.93. The number of nitro groups is 1. The molecule has 0 N–H and O–H groups in total. The maximum Gasteiger partial charge on any atom is 0.274 e. The van der Waals surface area contributed by atoms with Crippen LogP contribution in [0.1, 0.15) is 102 Å². The summed E-state index contributed by atoms with van der Waals surface area (Å²) < 4.78 is 12.1. The molecule has 0 aliphatic rings. The van der Waals surface area contributed by atoms with Gasteiger partial charge in [-0.2, -0.15) is 0 Å². The van der Waals surface area contributed by atoms with Crippen LogP contribution < -0.4 is 9.92 Å². The molecule has 0 aromatic heterocycles. The Morgan fingerprint density at radius 3 is 1.92 bits per heavy atom. The number of benzene rings is 2. The van der Waals surface area contributed by atoms with Gasteiger partial charge in [-0.05, 0) is 35.9 Å². The van der Waals surface area contributed by atoms with E-state index >= 15 is 0 Å². The number of unbranched alkanes of at least 4 members (excludes halogenated alkanes) is 13. The zero-order valence-electron chi connectivity index (χ0n) is 23.5. The van der Waals surface area contributed by atoms with Gasteiger partial charge in [0.25, 0.3) is 14.7 Å². The highest BCUT2D eigenvalue weighted by atomic mass is 28.3. The summed E-state index contributed by atoms with van der Waals surface area (Å²) in [6.07, 6.45) is 20.8. The molecule has 0 saturated heterocycles. The Hall–Kier alpha value is -2.44. The molecule has 0 heterocycles. The zero-order chi connectivity index (χ0) is 27.3. The van der Waals surface area contributed by atoms with Gasteiger partial charge in [-0.1, -0.05) is 121 Å². The Balaban J connectivity index is 1.58. The van der Waals surface area contributed by atoms with E-state index in [0.717, 1.165) is 30.0 Å². The summed E-state index contributed by atoms with van der Waals surface area (Å²) in [7, 11) is -1.38. The molecular formula is C32H48NO4Si. The van der Waals surface area contributed by atoms with Crippen molar-refractivity contribution in [2.75, 3.05) is 6.61 Å². The van der Waals surface area contributed by atoms with Gasteiger partial charge in [0, 0.05) is 6.07 Å². The van der Waals surface area contributed by atoms with Crippen molar-refractivity contribution in [3.63, 3.8) is 0 Å². The molecule has 2 rings (SSSR count). The van der Waals surface area contributed by atoms with Crippen molar-refractivity contribution in [2.24, 2.45) is 0 Å². The van der Waals surface area contributed by atoms with Crippen molar-refractivity contribution in [1.82, 2.24) is 0 Å². The number of hydrogen-bond acceptors (Lipinski definition) is 4. The molecule has 1 radical (unpaired) electrons. The molecule has 5 nitrogen and oxygen atoms in total. The summed E-state index contributed by atoms with van der Waals surface area (Å²) in [5.74, 6) is 0.877. The van der Waals surface area contributed by atoms with E-state index in [4.69, 9.17) is 9.16 Å². The van der Waals surface area contributed by atoms with Crippen molar-refractivity contribution in [3.05, 3.63) is 76.9 Å². The van der Waals surface area contributed by atoms with Crippen LogP contribution >= 0.6 is 0 Å². The van der Waals surface area contributed by atoms with E-state index in [9.17, 15) is 10.1 Å². The highest BCUT2D eigenvalue weighted by Crippen LogP contribution is 2.19. The first-order valence-electron chi connectivity index (χ1n) is 14.7. The van der Waals surface area contributed by atoms with Crippen molar-refractivity contribution >= 4 is 19.9 Å². The van der Waals surface area contributed by atoms with Gasteiger partial charge in [0.05, 0.1) is 23.7 Å². The number of nitrogens with zero attached hydrogens (tertiary/aromatic N) is 1. The Bertz CT molecular complexity index is 903. The number of ether oxygens (including phenoxy) is 1. The third kappa shape index (κ3) is 13.4. The van der Waals surface area contributed by atoms with E-state index in [-0.39, 0.29) is 17.2 Å². The van der Waals surface area contributed by atoms with Crippen LogP contribution in [0.5, 0.6) is 5.75 Å². The predicted octanol–water partition coefficient (Wildman–Crippen LogP) is 9.06. The first-order chi connectivity index (χ1) is 18.7. The van der Waals surface area contributed by atoms with Gasteiger partial charge < -0.3 is 9.16 Å². The lowest BCUT2D eigenvalue weighted by Gasteiger charge is -2.15. The number of allylic oxidation sites excluding steroid dienone is 1. The Kier molecular flexibility index (Phi) is 17.1. The Morgan fingerprint density at radius 1 is 0.816 bits per heavy atom. The third-order valence-electron chi connectivity index (χ3n) is 6.86. The maximum atomic E-state index is 11.3. The van der Waals surface area contributed by atoms with Crippen LogP contribution in [0.2, 0.25) is 6.04 Å². The van der Waals surface area contributed by atoms with E-state index in [0.29, 0.717) is 5.56 Å². The molecule has 0 amide bonds. The van der Waals surface area contributed by atoms with Crippen LogP contribution in [0.4, 0.5) is 5.69 Å². The molecule has 0 fully saturated rings. The van der Waals surface area contributed by atoms with Crippen molar-refractivity contribution in [3.8, 4) is 5.75 Å². The first-order valence-corrected chi connectivity index (χ1v) is 16.3. The van der Waals surface area contributed by atoms with Gasteiger partial charge in [0.2, 0.25) is 0 Å². The minimum atomic E-state index is -1.38. The van der Waals surface area contributed by atoms with Gasteiger partial charge in [-0.15, -0.1) is 6.58 Å². The van der Waals surface area contributed by atoms with E-state index in [1.54, 1.807) is 18.2 Å². The van der Waals surface area contributed by atoms with Gasteiger partial charge >= 0.3 is 0 Å². The Morgan fingerprint density at radius 2 is 1.37 bits per heavy atom. The lowest BCUT2D eigenvalue weighted by Crippen LogP contribution is -2.32. The molecule has 0 unspecified atom stereocenters. The monoisotopic (exact) mass is 538 g/mol. The minimum absolute atomic E-state index is 0.0969. The number of nitro benzene ring substituents is 1. The quantitative estimate of drug-likeness (QED) is 0.0465. The molecule has 2 aromatic carbocycles. The Labute approximate surface area is 232 Å². The van der Waals surface area contributed by atoms with E-state index in [1.165, 1.54) is 89.5 Å². The molecular weight excluding hydrogens is 490 g/mol. The number of para-hydroxylation sites is 1. The molecule has 6 heteroatoms. The molecule has 0 aliphatic heterocycles. The third-order valence-corrected chi connectivity index (χ3v) is 8.99. The van der Waals surface area contributed by atoms with Crippen LogP contribution in [0.3, 0.4) is 0 Å². The lowest BCUT2D eigenvalue weighted by molar-refractivity contribution is -0.385. The zero-order valence-corrected chi connectivity index (χ0v) is 24.5. The van der Waals surface area contributed by atoms with Crippen LogP contribution in [-0.2, 0) is 11.0 Å². The van der Waals surface area contributed by atoms with Crippen molar-refractivity contribution in [1.29, 1.82) is 0 Å². The first kappa shape index (κ1) is 31.8. The van der Waals surface area contributed by atoms with Gasteiger partial charge in [-0.25, -0.2) is 0 Å². The van der Waals surface area contributed by atoms with E-state index < -0.39 is 9.04 Å². The van der Waals surface area contributed by atoms with Gasteiger partial charge in [-0.3, -0.25) is 10.1 Å². The molecule has 0 atom stereocenters. The molecule has 0 spiro atoms. The highest BCUT2D eigenvalue weighted by Gasteiger charge is 2.18. The van der Waals surface area contributed by atoms with Crippen molar-refractivity contribution in [2.45, 2.75) is 109 Å². The van der Waals surface area contributed by atoms with Crippen LogP contribution in [-0.4, -0.2) is 20.6 Å². The summed E-state index contributed by atoms with van der Waals surface area (Å²) in [4.78, 5) is 10.9. The highest BCUT2D eigenvalue weighted by molar-refractivity contribution is 6.67. The smallest absolute Gasteiger partial charge is 0.274 e. The molecule has 0 bridgehead atoms. The summed E-state index contributed by atoms with van der Waals surface area (Å²) in [6, 6.07) is 15.6. The molecule has 0 saturated carbocycles. The topological polar surface area (TPSA) is 61.6 Å². The van der Waals surface area contributed by atoms with Crippen LogP contribution in [0.15, 0.2) is 61.2 Å². The normalized spacial score (nSPS) is 11.1. The van der Waals surface area contributed by atoms with Gasteiger partial charge in [0.1, 0.15) is 5.75 Å². The average molecular weight is 539 g/mol. The SMILES string of the molecule is C=CC[Si](OCc1ccccc1[N+](=O)[O-])c1ccc(OCCCCCCCCCCCCCCCC)cc1. The lowest BCUT2D eigenvalue weighted by atomic mass is 10.0. The molecule has 2 aromatic rings. The maximum absolute atomic E-state index is 11.3.